The van der Waals surface area contributed by atoms with Crippen molar-refractivity contribution in [3.8, 4) is 11.5 Å². The molecule has 3 heterocycles. The van der Waals surface area contributed by atoms with Gasteiger partial charge in [-0.2, -0.15) is 0 Å². The van der Waals surface area contributed by atoms with Crippen LogP contribution in [-0.4, -0.2) is 29.3 Å². The Morgan fingerprint density at radius 3 is 2.77 bits per heavy atom. The van der Waals surface area contributed by atoms with Crippen molar-refractivity contribution in [1.29, 1.82) is 0 Å². The molecule has 1 N–H and O–H groups in total. The van der Waals surface area contributed by atoms with Gasteiger partial charge in [0.1, 0.15) is 13.2 Å². The molecular formula is C19H17N3O4. The van der Waals surface area contributed by atoms with Crippen LogP contribution in [0.5, 0.6) is 11.5 Å². The first kappa shape index (κ1) is 15.2. The highest BCUT2D eigenvalue weighted by atomic mass is 16.6. The molecule has 0 bridgehead atoms. The molecule has 1 amide bonds. The molecule has 2 aromatic heterocycles. The van der Waals surface area contributed by atoms with Crippen LogP contribution in [0.25, 0.3) is 11.1 Å². The molecule has 0 saturated heterocycles. The van der Waals surface area contributed by atoms with Gasteiger partial charge in [-0.25, -0.2) is 4.98 Å². The van der Waals surface area contributed by atoms with Crippen molar-refractivity contribution in [2.24, 2.45) is 0 Å². The van der Waals surface area contributed by atoms with Gasteiger partial charge in [0.15, 0.2) is 11.5 Å². The number of nitrogens with zero attached hydrogens (tertiary/aromatic N) is 2. The Balaban J connectivity index is 1.51. The van der Waals surface area contributed by atoms with Gasteiger partial charge in [0.25, 0.3) is 11.6 Å². The number of aromatic nitrogens is 2. The van der Waals surface area contributed by atoms with Crippen LogP contribution in [0.2, 0.25) is 0 Å². The summed E-state index contributed by atoms with van der Waals surface area (Å²) in [5.41, 5.74) is 3.14. The van der Waals surface area contributed by atoms with Crippen LogP contribution < -0.4 is 14.8 Å². The number of hydrogen-bond donors (Lipinski definition) is 1. The molecule has 0 spiro atoms. The molecule has 3 aromatic rings. The van der Waals surface area contributed by atoms with Gasteiger partial charge in [0.05, 0.1) is 16.6 Å². The lowest BCUT2D eigenvalue weighted by molar-refractivity contribution is 0.102. The molecule has 0 unspecified atom stereocenters. The van der Waals surface area contributed by atoms with E-state index in [0.717, 1.165) is 18.5 Å². The van der Waals surface area contributed by atoms with E-state index in [1.807, 2.05) is 13.0 Å². The highest BCUT2D eigenvalue weighted by Gasteiger charge is 2.28. The van der Waals surface area contributed by atoms with E-state index < -0.39 is 0 Å². The van der Waals surface area contributed by atoms with E-state index in [1.54, 1.807) is 18.2 Å². The molecule has 1 aliphatic carbocycles. The van der Waals surface area contributed by atoms with E-state index in [9.17, 15) is 4.79 Å². The van der Waals surface area contributed by atoms with Gasteiger partial charge in [0.2, 0.25) is 0 Å². The zero-order valence-corrected chi connectivity index (χ0v) is 14.2. The fourth-order valence-electron chi connectivity index (χ4n) is 3.20. The van der Waals surface area contributed by atoms with Crippen molar-refractivity contribution < 1.29 is 18.8 Å². The average Bonchev–Trinajstić information content (AvgIpc) is 3.45. The van der Waals surface area contributed by atoms with E-state index in [2.05, 4.69) is 15.5 Å². The van der Waals surface area contributed by atoms with Crippen molar-refractivity contribution in [2.45, 2.75) is 25.7 Å². The zero-order valence-electron chi connectivity index (χ0n) is 14.2. The Labute approximate surface area is 149 Å². The molecule has 7 heteroatoms. The number of anilines is 1. The molecule has 1 aromatic carbocycles. The highest BCUT2D eigenvalue weighted by molar-refractivity contribution is 6.12. The molecule has 1 fully saturated rings. The molecule has 1 saturated carbocycles. The quantitative estimate of drug-likeness (QED) is 0.778. The van der Waals surface area contributed by atoms with E-state index in [1.165, 1.54) is 0 Å². The van der Waals surface area contributed by atoms with Crippen molar-refractivity contribution in [3.05, 3.63) is 41.2 Å². The van der Waals surface area contributed by atoms with Crippen molar-refractivity contribution in [3.63, 3.8) is 0 Å². The summed E-state index contributed by atoms with van der Waals surface area (Å²) in [5, 5.41) is 7.56. The average molecular weight is 351 g/mol. The van der Waals surface area contributed by atoms with Crippen molar-refractivity contribution in [2.75, 3.05) is 18.5 Å². The number of rotatable bonds is 3. The third-order valence-electron chi connectivity index (χ3n) is 4.68. The largest absolute Gasteiger partial charge is 0.486 e. The van der Waals surface area contributed by atoms with Gasteiger partial charge >= 0.3 is 0 Å². The van der Waals surface area contributed by atoms with E-state index in [0.29, 0.717) is 58.7 Å². The molecular weight excluding hydrogens is 334 g/mol. The molecule has 5 rings (SSSR count). The van der Waals surface area contributed by atoms with Gasteiger partial charge in [-0.05, 0) is 38.0 Å². The Morgan fingerprint density at radius 2 is 1.96 bits per heavy atom. The number of fused-ring (bicyclic) bond motifs is 2. The molecule has 2 aliphatic rings. The smallest absolute Gasteiger partial charge is 0.259 e. The van der Waals surface area contributed by atoms with E-state index in [4.69, 9.17) is 14.0 Å². The number of nitrogens with one attached hydrogen (secondary N) is 1. The summed E-state index contributed by atoms with van der Waals surface area (Å²) in [7, 11) is 0. The maximum Gasteiger partial charge on any atom is 0.259 e. The summed E-state index contributed by atoms with van der Waals surface area (Å²) >= 11 is 0. The summed E-state index contributed by atoms with van der Waals surface area (Å²) in [6.45, 7) is 2.84. The number of carbonyl (C=O) groups is 1. The van der Waals surface area contributed by atoms with Gasteiger partial charge in [-0.15, -0.1) is 0 Å². The van der Waals surface area contributed by atoms with Crippen LogP contribution in [0.4, 0.5) is 5.69 Å². The summed E-state index contributed by atoms with van der Waals surface area (Å²) in [4.78, 5) is 17.5. The maximum absolute atomic E-state index is 13.0. The summed E-state index contributed by atoms with van der Waals surface area (Å²) < 4.78 is 16.4. The second kappa shape index (κ2) is 5.72. The van der Waals surface area contributed by atoms with Gasteiger partial charge < -0.3 is 19.3 Å². The number of carbonyl (C=O) groups excluding carboxylic acids is 1. The lowest BCUT2D eigenvalue weighted by Crippen LogP contribution is -2.17. The SMILES string of the molecule is Cc1noc2nc(C3CC3)cc(C(=O)Nc3ccc4c(c3)OCCO4)c12. The van der Waals surface area contributed by atoms with Gasteiger partial charge in [-0.1, -0.05) is 5.16 Å². The molecule has 1 aliphatic heterocycles. The van der Waals surface area contributed by atoms with Crippen molar-refractivity contribution >= 4 is 22.7 Å². The second-order valence-electron chi connectivity index (χ2n) is 6.63. The van der Waals surface area contributed by atoms with Crippen LogP contribution in [0.3, 0.4) is 0 Å². The standard InChI is InChI=1S/C19H17N3O4/c1-10-17-13(9-14(11-2-3-11)21-19(17)26-22-10)18(23)20-12-4-5-15-16(8-12)25-7-6-24-15/h4-5,8-9,11H,2-3,6-7H2,1H3,(H,20,23). The zero-order chi connectivity index (χ0) is 17.7. The summed E-state index contributed by atoms with van der Waals surface area (Å²) in [5.74, 6) is 1.51. The van der Waals surface area contributed by atoms with Crippen LogP contribution in [-0.2, 0) is 0 Å². The number of hydrogen-bond acceptors (Lipinski definition) is 6. The monoisotopic (exact) mass is 351 g/mol. The lowest BCUT2D eigenvalue weighted by atomic mass is 10.1. The third-order valence-corrected chi connectivity index (χ3v) is 4.68. The predicted molar refractivity (Wildman–Crippen MR) is 93.9 cm³/mol. The molecule has 7 nitrogen and oxygen atoms in total. The number of aryl methyl sites for hydroxylation is 1. The van der Waals surface area contributed by atoms with Crippen LogP contribution in [0.1, 0.15) is 40.5 Å². The lowest BCUT2D eigenvalue weighted by Gasteiger charge is -2.19. The molecule has 26 heavy (non-hydrogen) atoms. The third kappa shape index (κ3) is 2.56. The second-order valence-corrected chi connectivity index (χ2v) is 6.63. The Kier molecular flexibility index (Phi) is 3.34. The number of benzene rings is 1. The predicted octanol–water partition coefficient (Wildman–Crippen LogP) is 3.43. The fourth-order valence-corrected chi connectivity index (χ4v) is 3.20. The molecule has 0 radical (unpaired) electrons. The summed E-state index contributed by atoms with van der Waals surface area (Å²) in [6, 6.07) is 7.23. The first-order chi connectivity index (χ1) is 12.7. The topological polar surface area (TPSA) is 86.5 Å². The Hall–Kier alpha value is -3.09. The molecule has 0 atom stereocenters. The van der Waals surface area contributed by atoms with Gasteiger partial charge in [0, 0.05) is 23.4 Å². The Bertz CT molecular complexity index is 1020. The van der Waals surface area contributed by atoms with Crippen molar-refractivity contribution in [1.82, 2.24) is 10.1 Å². The number of pyridine rings is 1. The van der Waals surface area contributed by atoms with Crippen LogP contribution in [0.15, 0.2) is 28.8 Å². The molecule has 132 valence electrons. The van der Waals surface area contributed by atoms with E-state index in [-0.39, 0.29) is 5.91 Å². The minimum absolute atomic E-state index is 0.220. The fraction of sp³-hybridized carbons (Fsp3) is 0.316. The van der Waals surface area contributed by atoms with E-state index >= 15 is 0 Å². The minimum atomic E-state index is -0.220. The van der Waals surface area contributed by atoms with Crippen LogP contribution >= 0.6 is 0 Å². The number of ether oxygens (including phenoxy) is 2. The van der Waals surface area contributed by atoms with Gasteiger partial charge in [-0.3, -0.25) is 4.79 Å². The first-order valence-corrected chi connectivity index (χ1v) is 8.67. The Morgan fingerprint density at radius 1 is 1.15 bits per heavy atom. The first-order valence-electron chi connectivity index (χ1n) is 8.67. The highest BCUT2D eigenvalue weighted by Crippen LogP contribution is 2.40. The summed E-state index contributed by atoms with van der Waals surface area (Å²) in [6.07, 6.45) is 2.18. The normalized spacial score (nSPS) is 15.9. The van der Waals surface area contributed by atoms with Crippen LogP contribution in [0, 0.1) is 6.92 Å². The number of amides is 1. The minimum Gasteiger partial charge on any atom is -0.486 e. The maximum atomic E-state index is 13.0.